The summed E-state index contributed by atoms with van der Waals surface area (Å²) in [5, 5.41) is 5.16. The number of methoxy groups -OCH3 is 1. The summed E-state index contributed by atoms with van der Waals surface area (Å²) in [5.74, 6) is 1.12. The first-order valence-corrected chi connectivity index (χ1v) is 11.5. The number of aromatic nitrogens is 4. The standard InChI is InChI=1S/C22H26N6O3S/c1-15-13-16(2)28-20(23-15)24-21(25-28)32-14-17-7-4-5-8-18(17)19(29)26-9-6-10-27(12-11-26)22(30)31-3/h4-5,7-8,13H,6,9-12,14H2,1-3H3. The normalized spacial score (nSPS) is 14.5. The molecule has 0 radical (unpaired) electrons. The van der Waals surface area contributed by atoms with Crippen molar-refractivity contribution in [1.29, 1.82) is 0 Å². The van der Waals surface area contributed by atoms with Gasteiger partial charge in [0.25, 0.3) is 11.7 Å². The number of aryl methyl sites for hydroxylation is 2. The molecule has 32 heavy (non-hydrogen) atoms. The Balaban J connectivity index is 1.47. The third-order valence-electron chi connectivity index (χ3n) is 5.42. The van der Waals surface area contributed by atoms with E-state index in [0.29, 0.717) is 54.9 Å². The molecule has 1 aliphatic heterocycles. The quantitative estimate of drug-likeness (QED) is 0.560. The molecule has 0 atom stereocenters. The first-order chi connectivity index (χ1) is 15.5. The van der Waals surface area contributed by atoms with E-state index in [0.717, 1.165) is 17.0 Å². The highest BCUT2D eigenvalue weighted by Crippen LogP contribution is 2.24. The second-order valence-electron chi connectivity index (χ2n) is 7.69. The number of ether oxygens (including phenoxy) is 1. The van der Waals surface area contributed by atoms with Crippen LogP contribution in [-0.4, -0.2) is 74.7 Å². The minimum Gasteiger partial charge on any atom is -0.453 e. The van der Waals surface area contributed by atoms with Crippen LogP contribution in [0, 0.1) is 13.8 Å². The molecule has 9 nitrogen and oxygen atoms in total. The molecule has 0 unspecified atom stereocenters. The van der Waals surface area contributed by atoms with E-state index in [4.69, 9.17) is 4.74 Å². The largest absolute Gasteiger partial charge is 0.453 e. The summed E-state index contributed by atoms with van der Waals surface area (Å²) in [4.78, 5) is 37.5. The summed E-state index contributed by atoms with van der Waals surface area (Å²) < 4.78 is 6.55. The van der Waals surface area contributed by atoms with E-state index in [-0.39, 0.29) is 12.0 Å². The third kappa shape index (κ3) is 4.69. The molecule has 0 spiro atoms. The maximum absolute atomic E-state index is 13.3. The molecule has 1 aromatic carbocycles. The van der Waals surface area contributed by atoms with Gasteiger partial charge in [-0.2, -0.15) is 4.98 Å². The summed E-state index contributed by atoms with van der Waals surface area (Å²) in [6, 6.07) is 9.58. The van der Waals surface area contributed by atoms with Gasteiger partial charge in [0.1, 0.15) is 0 Å². The van der Waals surface area contributed by atoms with Crippen LogP contribution in [0.25, 0.3) is 5.78 Å². The molecule has 3 aromatic rings. The van der Waals surface area contributed by atoms with Crippen LogP contribution in [0.3, 0.4) is 0 Å². The van der Waals surface area contributed by atoms with Crippen molar-refractivity contribution in [1.82, 2.24) is 29.4 Å². The Morgan fingerprint density at radius 2 is 1.81 bits per heavy atom. The van der Waals surface area contributed by atoms with Crippen molar-refractivity contribution in [2.24, 2.45) is 0 Å². The second kappa shape index (κ2) is 9.56. The summed E-state index contributed by atoms with van der Waals surface area (Å²) in [6.07, 6.45) is 0.366. The van der Waals surface area contributed by atoms with E-state index in [1.165, 1.54) is 18.9 Å². The number of carbonyl (C=O) groups excluding carboxylic acids is 2. The topological polar surface area (TPSA) is 92.9 Å². The van der Waals surface area contributed by atoms with Gasteiger partial charge >= 0.3 is 6.09 Å². The Morgan fingerprint density at radius 1 is 1.06 bits per heavy atom. The van der Waals surface area contributed by atoms with Crippen LogP contribution in [0.15, 0.2) is 35.5 Å². The maximum atomic E-state index is 13.3. The molecule has 2 amide bonds. The van der Waals surface area contributed by atoms with E-state index in [9.17, 15) is 9.59 Å². The van der Waals surface area contributed by atoms with Crippen molar-refractivity contribution in [3.8, 4) is 0 Å². The Bertz CT molecular complexity index is 1150. The lowest BCUT2D eigenvalue weighted by atomic mass is 10.1. The van der Waals surface area contributed by atoms with Crippen molar-refractivity contribution in [2.45, 2.75) is 31.2 Å². The summed E-state index contributed by atoms with van der Waals surface area (Å²) in [7, 11) is 1.38. The van der Waals surface area contributed by atoms with Crippen molar-refractivity contribution >= 4 is 29.5 Å². The molecule has 1 saturated heterocycles. The van der Waals surface area contributed by atoms with Crippen molar-refractivity contribution in [3.63, 3.8) is 0 Å². The number of nitrogens with zero attached hydrogens (tertiary/aromatic N) is 6. The van der Waals surface area contributed by atoms with Gasteiger partial charge in [0, 0.05) is 48.9 Å². The highest BCUT2D eigenvalue weighted by molar-refractivity contribution is 7.98. The fraction of sp³-hybridized carbons (Fsp3) is 0.409. The average molecular weight is 455 g/mol. The number of thioether (sulfide) groups is 1. The molecule has 0 N–H and O–H groups in total. The van der Waals surface area contributed by atoms with E-state index < -0.39 is 0 Å². The van der Waals surface area contributed by atoms with Crippen molar-refractivity contribution < 1.29 is 14.3 Å². The average Bonchev–Trinajstić information content (AvgIpc) is 3.04. The lowest BCUT2D eigenvalue weighted by Gasteiger charge is -2.22. The molecule has 0 aliphatic carbocycles. The summed E-state index contributed by atoms with van der Waals surface area (Å²) in [6.45, 7) is 6.04. The minimum atomic E-state index is -0.351. The molecule has 4 rings (SSSR count). The van der Waals surface area contributed by atoms with E-state index in [1.807, 2.05) is 49.1 Å². The Kier molecular flexibility index (Phi) is 6.59. The van der Waals surface area contributed by atoms with Gasteiger partial charge in [-0.1, -0.05) is 30.0 Å². The lowest BCUT2D eigenvalue weighted by Crippen LogP contribution is -2.37. The molecular formula is C22H26N6O3S. The molecule has 10 heteroatoms. The molecule has 0 bridgehead atoms. The zero-order valence-corrected chi connectivity index (χ0v) is 19.3. The van der Waals surface area contributed by atoms with Crippen molar-refractivity contribution in [3.05, 3.63) is 52.8 Å². The minimum absolute atomic E-state index is 0.0241. The molecule has 1 aliphatic rings. The Hall–Kier alpha value is -3.14. The zero-order chi connectivity index (χ0) is 22.7. The van der Waals surface area contributed by atoms with Gasteiger partial charge in [0.05, 0.1) is 7.11 Å². The Labute approximate surface area is 190 Å². The summed E-state index contributed by atoms with van der Waals surface area (Å²) >= 11 is 1.48. The van der Waals surface area contributed by atoms with Gasteiger partial charge in [-0.25, -0.2) is 14.3 Å². The molecule has 3 heterocycles. The van der Waals surface area contributed by atoms with Gasteiger partial charge in [-0.15, -0.1) is 5.10 Å². The highest BCUT2D eigenvalue weighted by Gasteiger charge is 2.24. The zero-order valence-electron chi connectivity index (χ0n) is 18.4. The van der Waals surface area contributed by atoms with Gasteiger partial charge in [-0.05, 0) is 38.0 Å². The fourth-order valence-electron chi connectivity index (χ4n) is 3.81. The van der Waals surface area contributed by atoms with E-state index in [2.05, 4.69) is 15.1 Å². The third-order valence-corrected chi connectivity index (χ3v) is 6.31. The molecule has 0 saturated carbocycles. The number of fused-ring (bicyclic) bond motifs is 1. The number of hydrogen-bond donors (Lipinski definition) is 0. The highest BCUT2D eigenvalue weighted by atomic mass is 32.2. The van der Waals surface area contributed by atoms with Crippen LogP contribution in [0.4, 0.5) is 4.79 Å². The first kappa shape index (κ1) is 22.1. The Morgan fingerprint density at radius 3 is 2.62 bits per heavy atom. The first-order valence-electron chi connectivity index (χ1n) is 10.5. The smallest absolute Gasteiger partial charge is 0.409 e. The lowest BCUT2D eigenvalue weighted by molar-refractivity contribution is 0.0756. The fourth-order valence-corrected chi connectivity index (χ4v) is 4.63. The van der Waals surface area contributed by atoms with E-state index in [1.54, 1.807) is 9.42 Å². The van der Waals surface area contributed by atoms with Crippen LogP contribution in [0.1, 0.15) is 33.7 Å². The second-order valence-corrected chi connectivity index (χ2v) is 8.64. The van der Waals surface area contributed by atoms with Crippen molar-refractivity contribution in [2.75, 3.05) is 33.3 Å². The van der Waals surface area contributed by atoms with Crippen LogP contribution in [-0.2, 0) is 10.5 Å². The number of rotatable bonds is 4. The predicted octanol–water partition coefficient (Wildman–Crippen LogP) is 2.95. The molecule has 2 aromatic heterocycles. The number of carbonyl (C=O) groups is 2. The van der Waals surface area contributed by atoms with Gasteiger partial charge in [-0.3, -0.25) is 4.79 Å². The SMILES string of the molecule is COC(=O)N1CCCN(C(=O)c2ccccc2CSc2nc3nc(C)cc(C)n3n2)CC1. The number of hydrogen-bond acceptors (Lipinski definition) is 7. The van der Waals surface area contributed by atoms with Crippen LogP contribution in [0.2, 0.25) is 0 Å². The van der Waals surface area contributed by atoms with Gasteiger partial charge in [0.2, 0.25) is 5.16 Å². The summed E-state index contributed by atoms with van der Waals surface area (Å²) in [5.41, 5.74) is 3.47. The molecule has 168 valence electrons. The monoisotopic (exact) mass is 454 g/mol. The maximum Gasteiger partial charge on any atom is 0.409 e. The number of benzene rings is 1. The van der Waals surface area contributed by atoms with Crippen LogP contribution >= 0.6 is 11.8 Å². The predicted molar refractivity (Wildman–Crippen MR) is 121 cm³/mol. The molecule has 1 fully saturated rings. The van der Waals surface area contributed by atoms with E-state index >= 15 is 0 Å². The van der Waals surface area contributed by atoms with Crippen LogP contribution in [0.5, 0.6) is 0 Å². The van der Waals surface area contributed by atoms with Gasteiger partial charge in [0.15, 0.2) is 0 Å². The number of amides is 2. The molecular weight excluding hydrogens is 428 g/mol. The van der Waals surface area contributed by atoms with Gasteiger partial charge < -0.3 is 14.5 Å². The van der Waals surface area contributed by atoms with Crippen LogP contribution < -0.4 is 0 Å².